The molecule has 0 aliphatic rings. The second-order valence-electron chi connectivity index (χ2n) is 4.48. The normalized spacial score (nSPS) is 11.8. The molecule has 0 aliphatic carbocycles. The average molecular weight is 345 g/mol. The van der Waals surface area contributed by atoms with Gasteiger partial charge in [-0.3, -0.25) is 9.59 Å². The minimum absolute atomic E-state index is 0.113. The summed E-state index contributed by atoms with van der Waals surface area (Å²) in [6.07, 6.45) is 1.05. The van der Waals surface area contributed by atoms with Gasteiger partial charge in [0.25, 0.3) is 5.91 Å². The van der Waals surface area contributed by atoms with Crippen LogP contribution in [0.5, 0.6) is 0 Å². The number of hydrogen-bond donors (Lipinski definition) is 2. The highest BCUT2D eigenvalue weighted by Crippen LogP contribution is 2.20. The zero-order valence-electron chi connectivity index (χ0n) is 11.5. The molecule has 1 rings (SSSR count). The number of amides is 2. The number of carbonyl (C=O) groups excluding carboxylic acids is 2. The summed E-state index contributed by atoms with van der Waals surface area (Å²) in [5.74, 6) is -1.02. The van der Waals surface area contributed by atoms with Crippen LogP contribution >= 0.6 is 15.9 Å². The van der Waals surface area contributed by atoms with Gasteiger partial charge < -0.3 is 10.6 Å². The maximum absolute atomic E-state index is 13.3. The Kier molecular flexibility index (Phi) is 6.64. The second kappa shape index (κ2) is 7.99. The Morgan fingerprint density at radius 2 is 2.10 bits per heavy atom. The molecule has 0 bridgehead atoms. The molecule has 0 heterocycles. The Balaban J connectivity index is 2.44. The summed E-state index contributed by atoms with van der Waals surface area (Å²) < 4.78 is 13.4. The van der Waals surface area contributed by atoms with Crippen molar-refractivity contribution in [3.05, 3.63) is 34.1 Å². The summed E-state index contributed by atoms with van der Waals surface area (Å²) in [5, 5.41) is 5.40. The Labute approximate surface area is 126 Å². The lowest BCUT2D eigenvalue weighted by atomic mass is 10.2. The molecule has 1 atom stereocenters. The highest BCUT2D eigenvalue weighted by atomic mass is 79.9. The molecule has 2 N–H and O–H groups in total. The first-order chi connectivity index (χ1) is 9.45. The number of halogens is 2. The summed E-state index contributed by atoms with van der Waals surface area (Å²) in [6, 6.07) is 4.36. The van der Waals surface area contributed by atoms with Gasteiger partial charge >= 0.3 is 0 Å². The van der Waals surface area contributed by atoms with Crippen molar-refractivity contribution < 1.29 is 14.0 Å². The maximum atomic E-state index is 13.3. The zero-order valence-corrected chi connectivity index (χ0v) is 13.1. The summed E-state index contributed by atoms with van der Waals surface area (Å²) in [7, 11) is 0. The molecular weight excluding hydrogens is 327 g/mol. The zero-order chi connectivity index (χ0) is 15.1. The minimum Gasteiger partial charge on any atom is -0.354 e. The predicted octanol–water partition coefficient (Wildman–Crippen LogP) is 2.62. The van der Waals surface area contributed by atoms with Crippen LogP contribution in [-0.4, -0.2) is 24.4 Å². The number of hydrogen-bond acceptors (Lipinski definition) is 2. The van der Waals surface area contributed by atoms with Gasteiger partial charge in [-0.2, -0.15) is 0 Å². The third-order valence-electron chi connectivity index (χ3n) is 2.85. The lowest BCUT2D eigenvalue weighted by Crippen LogP contribution is -2.35. The summed E-state index contributed by atoms with van der Waals surface area (Å²) >= 11 is 3.03. The molecule has 20 heavy (non-hydrogen) atoms. The predicted molar refractivity (Wildman–Crippen MR) is 78.9 cm³/mol. The molecule has 0 saturated carbocycles. The largest absolute Gasteiger partial charge is 0.354 e. The molecule has 0 aliphatic heterocycles. The van der Waals surface area contributed by atoms with Crippen LogP contribution < -0.4 is 10.6 Å². The SMILES string of the molecule is CCC(C)NC(=O)CCNC(=O)c1cccc(F)c1Br. The lowest BCUT2D eigenvalue weighted by Gasteiger charge is -2.11. The van der Waals surface area contributed by atoms with Gasteiger partial charge in [-0.05, 0) is 41.4 Å². The van der Waals surface area contributed by atoms with Crippen molar-refractivity contribution >= 4 is 27.7 Å². The fourth-order valence-corrected chi connectivity index (χ4v) is 1.96. The Bertz CT molecular complexity index is 494. The highest BCUT2D eigenvalue weighted by molar-refractivity contribution is 9.10. The average Bonchev–Trinajstić information content (AvgIpc) is 2.41. The number of nitrogens with one attached hydrogen (secondary N) is 2. The topological polar surface area (TPSA) is 58.2 Å². The molecule has 6 heteroatoms. The van der Waals surface area contributed by atoms with Gasteiger partial charge in [-0.15, -0.1) is 0 Å². The van der Waals surface area contributed by atoms with E-state index < -0.39 is 11.7 Å². The Morgan fingerprint density at radius 3 is 2.75 bits per heavy atom. The van der Waals surface area contributed by atoms with Crippen molar-refractivity contribution in [3.8, 4) is 0 Å². The standard InChI is InChI=1S/C14H18BrFN2O2/c1-3-9(2)18-12(19)7-8-17-14(20)10-5-4-6-11(16)13(10)15/h4-6,9H,3,7-8H2,1-2H3,(H,17,20)(H,18,19). The van der Waals surface area contributed by atoms with Gasteiger partial charge in [0.05, 0.1) is 10.0 Å². The van der Waals surface area contributed by atoms with Gasteiger partial charge in [0.1, 0.15) is 5.82 Å². The van der Waals surface area contributed by atoms with Crippen LogP contribution in [0.15, 0.2) is 22.7 Å². The van der Waals surface area contributed by atoms with E-state index in [1.807, 2.05) is 13.8 Å². The van der Waals surface area contributed by atoms with Crippen LogP contribution in [0.3, 0.4) is 0 Å². The molecule has 0 aromatic heterocycles. The van der Waals surface area contributed by atoms with Gasteiger partial charge in [-0.1, -0.05) is 13.0 Å². The smallest absolute Gasteiger partial charge is 0.252 e. The van der Waals surface area contributed by atoms with Crippen LogP contribution in [0.25, 0.3) is 0 Å². The third-order valence-corrected chi connectivity index (χ3v) is 3.66. The number of rotatable bonds is 6. The lowest BCUT2D eigenvalue weighted by molar-refractivity contribution is -0.121. The van der Waals surface area contributed by atoms with E-state index in [0.29, 0.717) is 0 Å². The molecule has 2 amide bonds. The van der Waals surface area contributed by atoms with Gasteiger partial charge in [-0.25, -0.2) is 4.39 Å². The van der Waals surface area contributed by atoms with E-state index in [2.05, 4.69) is 26.6 Å². The molecule has 110 valence electrons. The van der Waals surface area contributed by atoms with Crippen molar-refractivity contribution in [1.29, 1.82) is 0 Å². The molecule has 0 spiro atoms. The van der Waals surface area contributed by atoms with E-state index in [9.17, 15) is 14.0 Å². The van der Waals surface area contributed by atoms with E-state index in [4.69, 9.17) is 0 Å². The Morgan fingerprint density at radius 1 is 1.40 bits per heavy atom. The summed E-state index contributed by atoms with van der Waals surface area (Å²) in [5.41, 5.74) is 0.215. The minimum atomic E-state index is -0.493. The third kappa shape index (κ3) is 4.92. The van der Waals surface area contributed by atoms with Crippen molar-refractivity contribution in [2.24, 2.45) is 0 Å². The van der Waals surface area contributed by atoms with Crippen LogP contribution in [-0.2, 0) is 4.79 Å². The molecule has 0 saturated heterocycles. The summed E-state index contributed by atoms with van der Waals surface area (Å²) in [4.78, 5) is 23.4. The summed E-state index contributed by atoms with van der Waals surface area (Å²) in [6.45, 7) is 4.11. The first-order valence-corrected chi connectivity index (χ1v) is 7.26. The monoisotopic (exact) mass is 344 g/mol. The number of carbonyl (C=O) groups is 2. The van der Waals surface area contributed by atoms with Gasteiger partial charge in [0.2, 0.25) is 5.91 Å². The van der Waals surface area contributed by atoms with E-state index in [0.717, 1.165) is 6.42 Å². The van der Waals surface area contributed by atoms with Crippen molar-refractivity contribution in [3.63, 3.8) is 0 Å². The van der Waals surface area contributed by atoms with Crippen LogP contribution in [0, 0.1) is 5.82 Å². The number of benzene rings is 1. The van der Waals surface area contributed by atoms with Crippen molar-refractivity contribution in [2.45, 2.75) is 32.7 Å². The second-order valence-corrected chi connectivity index (χ2v) is 5.28. The van der Waals surface area contributed by atoms with Gasteiger partial charge in [0, 0.05) is 19.0 Å². The van der Waals surface area contributed by atoms with E-state index in [1.165, 1.54) is 18.2 Å². The van der Waals surface area contributed by atoms with Crippen molar-refractivity contribution in [1.82, 2.24) is 10.6 Å². The van der Waals surface area contributed by atoms with E-state index in [-0.39, 0.29) is 35.0 Å². The van der Waals surface area contributed by atoms with Crippen molar-refractivity contribution in [2.75, 3.05) is 6.54 Å². The molecule has 1 unspecified atom stereocenters. The van der Waals surface area contributed by atoms with E-state index >= 15 is 0 Å². The van der Waals surface area contributed by atoms with Crippen LogP contribution in [0.1, 0.15) is 37.0 Å². The molecule has 0 fully saturated rings. The fraction of sp³-hybridized carbons (Fsp3) is 0.429. The maximum Gasteiger partial charge on any atom is 0.252 e. The fourth-order valence-electron chi connectivity index (χ4n) is 1.51. The highest BCUT2D eigenvalue weighted by Gasteiger charge is 2.13. The van der Waals surface area contributed by atoms with Crippen LogP contribution in [0.4, 0.5) is 4.39 Å². The molecule has 4 nitrogen and oxygen atoms in total. The molecular formula is C14H18BrFN2O2. The first kappa shape index (κ1) is 16.6. The van der Waals surface area contributed by atoms with Crippen LogP contribution in [0.2, 0.25) is 0 Å². The first-order valence-electron chi connectivity index (χ1n) is 6.47. The quantitative estimate of drug-likeness (QED) is 0.833. The molecule has 1 aromatic rings. The molecule has 1 aromatic carbocycles. The van der Waals surface area contributed by atoms with E-state index in [1.54, 1.807) is 0 Å². The van der Waals surface area contributed by atoms with Gasteiger partial charge in [0.15, 0.2) is 0 Å². The molecule has 0 radical (unpaired) electrons. The Hall–Kier alpha value is -1.43.